The van der Waals surface area contributed by atoms with Crippen molar-refractivity contribution in [1.29, 1.82) is 0 Å². The number of rotatable bonds is 8. The van der Waals surface area contributed by atoms with E-state index in [1.807, 2.05) is 0 Å². The summed E-state index contributed by atoms with van der Waals surface area (Å²) in [5, 5.41) is 8.89. The number of ether oxygens (including phenoxy) is 2. The monoisotopic (exact) mass is 225 g/mol. The maximum Gasteiger partial charge on any atom is 0.122 e. The zero-order chi connectivity index (χ0) is 11.6. The first-order valence-corrected chi connectivity index (χ1v) is 5.63. The van der Waals surface area contributed by atoms with Gasteiger partial charge in [0.05, 0.1) is 18.9 Å². The molecule has 4 heteroatoms. The van der Waals surface area contributed by atoms with E-state index in [0.717, 1.165) is 25.2 Å². The zero-order valence-corrected chi connectivity index (χ0v) is 9.69. The summed E-state index contributed by atoms with van der Waals surface area (Å²) in [5.41, 5.74) is 0.615. The van der Waals surface area contributed by atoms with Crippen molar-refractivity contribution < 1.29 is 14.6 Å². The fourth-order valence-electron chi connectivity index (χ4n) is 1.20. The molecule has 90 valence electrons. The molecule has 0 aromatic carbocycles. The Labute approximate surface area is 96.2 Å². The lowest BCUT2D eigenvalue weighted by Gasteiger charge is -2.07. The normalized spacial score (nSPS) is 10.4. The summed E-state index contributed by atoms with van der Waals surface area (Å²) in [6, 6.07) is 3.50. The summed E-state index contributed by atoms with van der Waals surface area (Å²) >= 11 is 0. The summed E-state index contributed by atoms with van der Waals surface area (Å²) in [5.74, 6) is 0.721. The number of hydrogen-bond acceptors (Lipinski definition) is 4. The molecule has 0 fully saturated rings. The molecule has 0 spiro atoms. The van der Waals surface area contributed by atoms with E-state index in [2.05, 4.69) is 11.9 Å². The van der Waals surface area contributed by atoms with Crippen LogP contribution in [0.2, 0.25) is 0 Å². The molecule has 0 atom stereocenters. The van der Waals surface area contributed by atoms with Gasteiger partial charge in [-0.1, -0.05) is 13.3 Å². The van der Waals surface area contributed by atoms with Gasteiger partial charge in [-0.15, -0.1) is 0 Å². The molecule has 0 bridgehead atoms. The first-order chi connectivity index (χ1) is 7.86. The number of aliphatic hydroxyl groups excluding tert-OH is 1. The van der Waals surface area contributed by atoms with Gasteiger partial charge in [-0.3, -0.25) is 4.98 Å². The molecule has 0 aliphatic heterocycles. The smallest absolute Gasteiger partial charge is 0.122 e. The van der Waals surface area contributed by atoms with Crippen molar-refractivity contribution in [2.75, 3.05) is 19.8 Å². The third-order valence-corrected chi connectivity index (χ3v) is 2.09. The molecule has 0 aliphatic carbocycles. The van der Waals surface area contributed by atoms with Gasteiger partial charge in [0.2, 0.25) is 0 Å². The van der Waals surface area contributed by atoms with Gasteiger partial charge in [0.15, 0.2) is 0 Å². The van der Waals surface area contributed by atoms with Crippen LogP contribution < -0.4 is 4.74 Å². The lowest BCUT2D eigenvalue weighted by Crippen LogP contribution is -2.07. The molecule has 0 aliphatic rings. The Bertz CT molecular complexity index is 291. The molecule has 0 saturated carbocycles. The molecule has 1 heterocycles. The van der Waals surface area contributed by atoms with Crippen LogP contribution in [0.15, 0.2) is 18.3 Å². The summed E-state index contributed by atoms with van der Waals surface area (Å²) in [4.78, 5) is 3.97. The van der Waals surface area contributed by atoms with E-state index < -0.39 is 0 Å². The van der Waals surface area contributed by atoms with E-state index >= 15 is 0 Å². The van der Waals surface area contributed by atoms with Crippen molar-refractivity contribution in [2.24, 2.45) is 0 Å². The molecule has 1 N–H and O–H groups in total. The van der Waals surface area contributed by atoms with Crippen molar-refractivity contribution in [2.45, 2.75) is 26.4 Å². The molecule has 0 saturated heterocycles. The highest BCUT2D eigenvalue weighted by atomic mass is 16.5. The minimum Gasteiger partial charge on any atom is -0.491 e. The van der Waals surface area contributed by atoms with Gasteiger partial charge in [0.1, 0.15) is 12.4 Å². The molecule has 0 radical (unpaired) electrons. The summed E-state index contributed by atoms with van der Waals surface area (Å²) in [6.07, 6.45) is 3.85. The third-order valence-electron chi connectivity index (χ3n) is 2.09. The van der Waals surface area contributed by atoms with Gasteiger partial charge in [-0.2, -0.15) is 0 Å². The second-order valence-corrected chi connectivity index (χ2v) is 3.46. The molecular formula is C12H19NO3. The van der Waals surface area contributed by atoms with Crippen molar-refractivity contribution in [1.82, 2.24) is 4.98 Å². The fraction of sp³-hybridized carbons (Fsp3) is 0.583. The van der Waals surface area contributed by atoms with Gasteiger partial charge in [0.25, 0.3) is 0 Å². The topological polar surface area (TPSA) is 51.6 Å². The Balaban J connectivity index is 2.16. The summed E-state index contributed by atoms with van der Waals surface area (Å²) < 4.78 is 10.8. The molecule has 1 aromatic rings. The predicted molar refractivity (Wildman–Crippen MR) is 61.4 cm³/mol. The maximum absolute atomic E-state index is 8.89. The predicted octanol–water partition coefficient (Wildman–Crippen LogP) is 1.77. The van der Waals surface area contributed by atoms with Crippen molar-refractivity contribution in [3.8, 4) is 5.75 Å². The Kier molecular flexibility index (Phi) is 6.53. The van der Waals surface area contributed by atoms with E-state index in [4.69, 9.17) is 14.6 Å². The van der Waals surface area contributed by atoms with Crippen LogP contribution in [-0.4, -0.2) is 29.9 Å². The third kappa shape index (κ3) is 5.09. The van der Waals surface area contributed by atoms with E-state index in [9.17, 15) is 0 Å². The molecule has 16 heavy (non-hydrogen) atoms. The molecule has 1 aromatic heterocycles. The van der Waals surface area contributed by atoms with Crippen LogP contribution in [0.1, 0.15) is 25.5 Å². The molecule has 4 nitrogen and oxygen atoms in total. The Hall–Kier alpha value is -1.13. The fourth-order valence-corrected chi connectivity index (χ4v) is 1.20. The number of unbranched alkanes of at least 4 members (excludes halogenated alkanes) is 1. The number of nitrogens with zero attached hydrogens (tertiary/aromatic N) is 1. The standard InChI is InChI=1S/C12H19NO3/c1-2-3-6-15-7-8-16-12-4-5-13-11(9-12)10-14/h4-5,9,14H,2-3,6-8,10H2,1H3. The average Bonchev–Trinajstić information content (AvgIpc) is 2.34. The van der Waals surface area contributed by atoms with E-state index in [1.165, 1.54) is 0 Å². The summed E-state index contributed by atoms with van der Waals surface area (Å²) in [6.45, 7) is 3.98. The van der Waals surface area contributed by atoms with Gasteiger partial charge in [-0.25, -0.2) is 0 Å². The van der Waals surface area contributed by atoms with Gasteiger partial charge in [0, 0.05) is 18.9 Å². The van der Waals surface area contributed by atoms with Gasteiger partial charge >= 0.3 is 0 Å². The number of hydrogen-bond donors (Lipinski definition) is 1. The SMILES string of the molecule is CCCCOCCOc1ccnc(CO)c1. The minimum absolute atomic E-state index is 0.0653. The van der Waals surface area contributed by atoms with Crippen LogP contribution >= 0.6 is 0 Å². The largest absolute Gasteiger partial charge is 0.491 e. The number of aliphatic hydroxyl groups is 1. The van der Waals surface area contributed by atoms with E-state index in [0.29, 0.717) is 18.9 Å². The Morgan fingerprint density at radius 2 is 2.19 bits per heavy atom. The highest BCUT2D eigenvalue weighted by Crippen LogP contribution is 2.10. The molecule has 1 rings (SSSR count). The van der Waals surface area contributed by atoms with Crippen LogP contribution in [0, 0.1) is 0 Å². The molecule has 0 unspecified atom stereocenters. The maximum atomic E-state index is 8.89. The van der Waals surface area contributed by atoms with Crippen molar-refractivity contribution >= 4 is 0 Å². The lowest BCUT2D eigenvalue weighted by atomic mass is 10.3. The molecule has 0 amide bonds. The molecular weight excluding hydrogens is 206 g/mol. The lowest BCUT2D eigenvalue weighted by molar-refractivity contribution is 0.0979. The van der Waals surface area contributed by atoms with E-state index in [-0.39, 0.29) is 6.61 Å². The van der Waals surface area contributed by atoms with Crippen molar-refractivity contribution in [3.63, 3.8) is 0 Å². The highest BCUT2D eigenvalue weighted by molar-refractivity contribution is 5.22. The van der Waals surface area contributed by atoms with Crippen LogP contribution in [0.5, 0.6) is 5.75 Å². The van der Waals surface area contributed by atoms with Crippen LogP contribution in [0.4, 0.5) is 0 Å². The summed E-state index contributed by atoms with van der Waals surface area (Å²) in [7, 11) is 0. The Morgan fingerprint density at radius 3 is 2.94 bits per heavy atom. The average molecular weight is 225 g/mol. The first kappa shape index (κ1) is 12.9. The highest BCUT2D eigenvalue weighted by Gasteiger charge is 1.97. The zero-order valence-electron chi connectivity index (χ0n) is 9.69. The number of pyridine rings is 1. The van der Waals surface area contributed by atoms with Gasteiger partial charge in [-0.05, 0) is 12.5 Å². The van der Waals surface area contributed by atoms with E-state index in [1.54, 1.807) is 18.3 Å². The van der Waals surface area contributed by atoms with Crippen molar-refractivity contribution in [3.05, 3.63) is 24.0 Å². The quantitative estimate of drug-likeness (QED) is 0.685. The second kappa shape index (κ2) is 8.07. The second-order valence-electron chi connectivity index (χ2n) is 3.46. The minimum atomic E-state index is -0.0653. The van der Waals surface area contributed by atoms with Crippen LogP contribution in [0.3, 0.4) is 0 Å². The first-order valence-electron chi connectivity index (χ1n) is 5.63. The van der Waals surface area contributed by atoms with Crippen LogP contribution in [0.25, 0.3) is 0 Å². The van der Waals surface area contributed by atoms with Crippen LogP contribution in [-0.2, 0) is 11.3 Å². The Morgan fingerprint density at radius 1 is 1.31 bits per heavy atom. The number of aromatic nitrogens is 1. The van der Waals surface area contributed by atoms with Gasteiger partial charge < -0.3 is 14.6 Å².